The molecule has 5 heteroatoms. The molecule has 0 rings (SSSR count). The second kappa shape index (κ2) is 7.40. The van der Waals surface area contributed by atoms with Gasteiger partial charge in [0.05, 0.1) is 0 Å². The molecule has 0 aromatic carbocycles. The van der Waals surface area contributed by atoms with E-state index >= 15 is 0 Å². The van der Waals surface area contributed by atoms with Gasteiger partial charge in [-0.15, -0.1) is 0 Å². The van der Waals surface area contributed by atoms with Gasteiger partial charge in [-0.1, -0.05) is 0 Å². The molecule has 2 amide bonds. The van der Waals surface area contributed by atoms with Crippen molar-refractivity contribution in [2.45, 2.75) is 6.42 Å². The van der Waals surface area contributed by atoms with Crippen LogP contribution in [0.25, 0.3) is 0 Å². The highest BCUT2D eigenvalue weighted by Gasteiger charge is 1.97. The van der Waals surface area contributed by atoms with Crippen molar-refractivity contribution < 1.29 is 9.59 Å². The number of thiol groups is 1. The van der Waals surface area contributed by atoms with Gasteiger partial charge in [-0.25, -0.2) is 0 Å². The quantitative estimate of drug-likeness (QED) is 0.281. The minimum absolute atomic E-state index is 0.0617. The zero-order valence-electron chi connectivity index (χ0n) is 6.17. The molecule has 11 heavy (non-hydrogen) atoms. The standard InChI is InChI=1S/C6H12N2O2S/c9-5-7-2-1-6(10)8-3-4-11/h5,11H,1-4H2,(H,7,9)(H,8,10). The molecule has 0 unspecified atom stereocenters. The molecule has 4 nitrogen and oxygen atoms in total. The first kappa shape index (κ1) is 10.3. The van der Waals surface area contributed by atoms with E-state index in [1.165, 1.54) is 0 Å². The van der Waals surface area contributed by atoms with Crippen LogP contribution in [-0.2, 0) is 9.59 Å². The van der Waals surface area contributed by atoms with Gasteiger partial charge < -0.3 is 10.6 Å². The van der Waals surface area contributed by atoms with Gasteiger partial charge in [0.1, 0.15) is 0 Å². The van der Waals surface area contributed by atoms with E-state index in [0.29, 0.717) is 31.7 Å². The summed E-state index contributed by atoms with van der Waals surface area (Å²) in [5.41, 5.74) is 0. The van der Waals surface area contributed by atoms with Crippen LogP contribution in [0.1, 0.15) is 6.42 Å². The zero-order valence-corrected chi connectivity index (χ0v) is 7.06. The number of carbonyl (C=O) groups excluding carboxylic acids is 2. The summed E-state index contributed by atoms with van der Waals surface area (Å²) < 4.78 is 0. The lowest BCUT2D eigenvalue weighted by Gasteiger charge is -2.01. The third-order valence-corrected chi connectivity index (χ3v) is 1.24. The van der Waals surface area contributed by atoms with Crippen molar-refractivity contribution >= 4 is 24.9 Å². The van der Waals surface area contributed by atoms with E-state index in [1.54, 1.807) is 0 Å². The number of hydrogen-bond donors (Lipinski definition) is 3. The van der Waals surface area contributed by atoms with E-state index in [9.17, 15) is 9.59 Å². The van der Waals surface area contributed by atoms with Crippen molar-refractivity contribution in [1.29, 1.82) is 0 Å². The normalized spacial score (nSPS) is 8.82. The number of carbonyl (C=O) groups is 2. The van der Waals surface area contributed by atoms with E-state index in [1.807, 2.05) is 0 Å². The molecular formula is C6H12N2O2S. The number of nitrogens with one attached hydrogen (secondary N) is 2. The molecule has 0 spiro atoms. The predicted molar refractivity (Wildman–Crippen MR) is 45.5 cm³/mol. The van der Waals surface area contributed by atoms with Crippen molar-refractivity contribution in [3.63, 3.8) is 0 Å². The van der Waals surface area contributed by atoms with E-state index in [0.717, 1.165) is 0 Å². The molecule has 0 bridgehead atoms. The Balaban J connectivity index is 3.15. The molecule has 0 saturated carbocycles. The summed E-state index contributed by atoms with van der Waals surface area (Å²) in [7, 11) is 0. The Labute approximate surface area is 71.1 Å². The number of hydrogen-bond acceptors (Lipinski definition) is 3. The maximum absolute atomic E-state index is 10.8. The van der Waals surface area contributed by atoms with E-state index in [2.05, 4.69) is 23.3 Å². The Morgan fingerprint density at radius 3 is 2.73 bits per heavy atom. The summed E-state index contributed by atoms with van der Waals surface area (Å²) >= 11 is 3.92. The van der Waals surface area contributed by atoms with Crippen LogP contribution in [0.5, 0.6) is 0 Å². The SMILES string of the molecule is O=CNCCC(=O)NCCS. The van der Waals surface area contributed by atoms with Gasteiger partial charge in [0, 0.05) is 25.3 Å². The van der Waals surface area contributed by atoms with Gasteiger partial charge in [0.2, 0.25) is 12.3 Å². The van der Waals surface area contributed by atoms with Gasteiger partial charge in [0.15, 0.2) is 0 Å². The average Bonchev–Trinajstić information content (AvgIpc) is 2.01. The first-order chi connectivity index (χ1) is 5.31. The van der Waals surface area contributed by atoms with Crippen molar-refractivity contribution in [3.8, 4) is 0 Å². The average molecular weight is 176 g/mol. The fourth-order valence-corrected chi connectivity index (χ4v) is 0.640. The zero-order chi connectivity index (χ0) is 8.53. The predicted octanol–water partition coefficient (Wildman–Crippen LogP) is -0.831. The molecule has 0 aromatic rings. The summed E-state index contributed by atoms with van der Waals surface area (Å²) in [6.45, 7) is 0.963. The first-order valence-corrected chi connectivity index (χ1v) is 3.99. The maximum Gasteiger partial charge on any atom is 0.221 e. The Morgan fingerprint density at radius 2 is 2.18 bits per heavy atom. The van der Waals surface area contributed by atoms with E-state index in [-0.39, 0.29) is 5.91 Å². The van der Waals surface area contributed by atoms with Gasteiger partial charge >= 0.3 is 0 Å². The smallest absolute Gasteiger partial charge is 0.221 e. The Hall–Kier alpha value is -0.710. The second-order valence-corrected chi connectivity index (χ2v) is 2.34. The Bertz CT molecular complexity index is 130. The van der Waals surface area contributed by atoms with Crippen molar-refractivity contribution in [3.05, 3.63) is 0 Å². The van der Waals surface area contributed by atoms with Crippen LogP contribution in [-0.4, -0.2) is 31.2 Å². The third kappa shape index (κ3) is 7.18. The van der Waals surface area contributed by atoms with Crippen LogP contribution in [0, 0.1) is 0 Å². The molecule has 0 aliphatic rings. The van der Waals surface area contributed by atoms with Gasteiger partial charge in [-0.05, 0) is 0 Å². The van der Waals surface area contributed by atoms with E-state index < -0.39 is 0 Å². The second-order valence-electron chi connectivity index (χ2n) is 1.90. The molecule has 64 valence electrons. The molecule has 0 aliphatic carbocycles. The fourth-order valence-electron chi connectivity index (χ4n) is 0.528. The molecule has 2 N–H and O–H groups in total. The van der Waals surface area contributed by atoms with E-state index in [4.69, 9.17) is 0 Å². The first-order valence-electron chi connectivity index (χ1n) is 3.36. The van der Waals surface area contributed by atoms with Crippen molar-refractivity contribution in [1.82, 2.24) is 10.6 Å². The fraction of sp³-hybridized carbons (Fsp3) is 0.667. The monoisotopic (exact) mass is 176 g/mol. The lowest BCUT2D eigenvalue weighted by atomic mass is 10.4. The topological polar surface area (TPSA) is 58.2 Å². The molecular weight excluding hydrogens is 164 g/mol. The van der Waals surface area contributed by atoms with Gasteiger partial charge in [0.25, 0.3) is 0 Å². The van der Waals surface area contributed by atoms with Gasteiger partial charge in [-0.2, -0.15) is 12.6 Å². The molecule has 0 fully saturated rings. The van der Waals surface area contributed by atoms with Crippen LogP contribution >= 0.6 is 12.6 Å². The highest BCUT2D eigenvalue weighted by Crippen LogP contribution is 1.76. The van der Waals surface area contributed by atoms with Crippen LogP contribution < -0.4 is 10.6 Å². The summed E-state index contributed by atoms with van der Waals surface area (Å²) in [4.78, 5) is 20.5. The van der Waals surface area contributed by atoms with Crippen LogP contribution in [0.3, 0.4) is 0 Å². The molecule has 0 aliphatic heterocycles. The Morgan fingerprint density at radius 1 is 1.45 bits per heavy atom. The van der Waals surface area contributed by atoms with Crippen molar-refractivity contribution in [2.24, 2.45) is 0 Å². The molecule has 0 saturated heterocycles. The van der Waals surface area contributed by atoms with Gasteiger partial charge in [-0.3, -0.25) is 9.59 Å². The lowest BCUT2D eigenvalue weighted by Crippen LogP contribution is -2.28. The minimum Gasteiger partial charge on any atom is -0.358 e. The summed E-state index contributed by atoms with van der Waals surface area (Å²) in [5.74, 6) is 0.570. The molecule has 0 radical (unpaired) electrons. The molecule has 0 aromatic heterocycles. The highest BCUT2D eigenvalue weighted by atomic mass is 32.1. The largest absolute Gasteiger partial charge is 0.358 e. The van der Waals surface area contributed by atoms with Crippen LogP contribution in [0.2, 0.25) is 0 Å². The maximum atomic E-state index is 10.8. The summed E-state index contributed by atoms with van der Waals surface area (Å²) in [5, 5.41) is 5.02. The van der Waals surface area contributed by atoms with Crippen LogP contribution in [0.4, 0.5) is 0 Å². The number of amides is 2. The lowest BCUT2D eigenvalue weighted by molar-refractivity contribution is -0.120. The molecule has 0 atom stereocenters. The van der Waals surface area contributed by atoms with Crippen molar-refractivity contribution in [2.75, 3.05) is 18.8 Å². The molecule has 0 heterocycles. The van der Waals surface area contributed by atoms with Crippen LogP contribution in [0.15, 0.2) is 0 Å². The summed E-state index contributed by atoms with van der Waals surface area (Å²) in [6.07, 6.45) is 0.901. The Kier molecular flexibility index (Phi) is 6.92. The number of rotatable bonds is 6. The summed E-state index contributed by atoms with van der Waals surface area (Å²) in [6, 6.07) is 0. The minimum atomic E-state index is -0.0617. The third-order valence-electron chi connectivity index (χ3n) is 1.01. The highest BCUT2D eigenvalue weighted by molar-refractivity contribution is 7.80.